The van der Waals surface area contributed by atoms with Gasteiger partial charge in [0.1, 0.15) is 16.5 Å². The lowest BCUT2D eigenvalue weighted by molar-refractivity contribution is -0.126. The van der Waals surface area contributed by atoms with Crippen molar-refractivity contribution in [3.05, 3.63) is 34.3 Å². The second-order valence-electron chi connectivity index (χ2n) is 6.50. The lowest BCUT2D eigenvalue weighted by atomic mass is 10.2. The molecule has 2 rings (SSSR count). The van der Waals surface area contributed by atoms with Crippen LogP contribution in [-0.2, 0) is 9.59 Å². The van der Waals surface area contributed by atoms with E-state index in [4.69, 9.17) is 42.1 Å². The highest BCUT2D eigenvalue weighted by molar-refractivity contribution is 6.34. The topological polar surface area (TPSA) is 108 Å². The molecule has 33 heavy (non-hydrogen) atoms. The van der Waals surface area contributed by atoms with Crippen molar-refractivity contribution in [3.63, 3.8) is 0 Å². The van der Waals surface area contributed by atoms with Crippen LogP contribution in [0.1, 0.15) is 20.8 Å². The number of carbonyl (C=O) groups is 2. The van der Waals surface area contributed by atoms with Crippen molar-refractivity contribution < 1.29 is 28.5 Å². The lowest BCUT2D eigenvalue weighted by Gasteiger charge is -2.15. The molecule has 9 nitrogen and oxygen atoms in total. The van der Waals surface area contributed by atoms with Crippen LogP contribution in [0.15, 0.2) is 34.5 Å². The van der Waals surface area contributed by atoms with E-state index in [9.17, 15) is 9.59 Å². The first kappa shape index (κ1) is 26.2. The van der Waals surface area contributed by atoms with Crippen LogP contribution in [-0.4, -0.2) is 45.2 Å². The molecule has 1 atom stereocenters. The Kier molecular flexibility index (Phi) is 9.74. The third kappa shape index (κ3) is 6.49. The molecule has 2 aromatic rings. The second-order valence-corrected chi connectivity index (χ2v) is 7.28. The highest BCUT2D eigenvalue weighted by atomic mass is 35.5. The average Bonchev–Trinajstić information content (AvgIpc) is 2.78. The van der Waals surface area contributed by atoms with Gasteiger partial charge in [-0.3, -0.25) is 9.59 Å². The summed E-state index contributed by atoms with van der Waals surface area (Å²) in [6.07, 6.45) is 0. The Balaban J connectivity index is 2.34. The third-order valence-corrected chi connectivity index (χ3v) is 4.95. The van der Waals surface area contributed by atoms with E-state index in [0.717, 1.165) is 0 Å². The number of halogens is 2. The monoisotopic (exact) mass is 497 g/mol. The highest BCUT2D eigenvalue weighted by Crippen LogP contribution is 2.42. The molecule has 1 unspecified atom stereocenters. The first-order valence-corrected chi connectivity index (χ1v) is 10.7. The quantitative estimate of drug-likeness (QED) is 0.324. The molecule has 2 aromatic carbocycles. The van der Waals surface area contributed by atoms with Crippen molar-refractivity contribution in [1.82, 2.24) is 0 Å². The van der Waals surface area contributed by atoms with E-state index in [2.05, 4.69) is 15.5 Å². The summed E-state index contributed by atoms with van der Waals surface area (Å²) in [4.78, 5) is 25.0. The molecule has 0 fully saturated rings. The minimum atomic E-state index is -1.44. The Labute approximate surface area is 202 Å². The fourth-order valence-corrected chi connectivity index (χ4v) is 3.21. The molecule has 0 saturated heterocycles. The number of nitrogens with one attached hydrogen (secondary N) is 1. The normalized spacial score (nSPS) is 11.7. The zero-order chi connectivity index (χ0) is 24.5. The predicted molar refractivity (Wildman–Crippen MR) is 126 cm³/mol. The fraction of sp³-hybridized carbons (Fsp3) is 0.364. The Bertz CT molecular complexity index is 1050. The number of hydrogen-bond donors (Lipinski definition) is 1. The van der Waals surface area contributed by atoms with E-state index < -0.39 is 17.7 Å². The number of methoxy groups -OCH3 is 2. The highest BCUT2D eigenvalue weighted by Gasteiger charge is 2.25. The molecule has 0 aliphatic rings. The van der Waals surface area contributed by atoms with Crippen molar-refractivity contribution in [3.8, 4) is 23.0 Å². The van der Waals surface area contributed by atoms with Gasteiger partial charge < -0.3 is 24.3 Å². The van der Waals surface area contributed by atoms with Crippen molar-refractivity contribution in [1.29, 1.82) is 0 Å². The summed E-state index contributed by atoms with van der Waals surface area (Å²) in [6.45, 7) is 5.56. The number of ketones is 1. The number of carbonyl (C=O) groups excluding carboxylic acids is 2. The second kappa shape index (κ2) is 12.3. The van der Waals surface area contributed by atoms with Gasteiger partial charge in [-0.1, -0.05) is 23.2 Å². The molecular weight excluding hydrogens is 473 g/mol. The minimum absolute atomic E-state index is 0.192. The van der Waals surface area contributed by atoms with Crippen LogP contribution in [0.4, 0.5) is 11.4 Å². The van der Waals surface area contributed by atoms with Gasteiger partial charge in [0.25, 0.3) is 5.91 Å². The fourth-order valence-electron chi connectivity index (χ4n) is 2.74. The van der Waals surface area contributed by atoms with E-state index in [1.54, 1.807) is 19.1 Å². The van der Waals surface area contributed by atoms with Gasteiger partial charge in [0.05, 0.1) is 38.1 Å². The van der Waals surface area contributed by atoms with Crippen molar-refractivity contribution in [2.75, 3.05) is 32.8 Å². The Morgan fingerprint density at radius 3 is 2.21 bits per heavy atom. The van der Waals surface area contributed by atoms with Crippen LogP contribution < -0.4 is 24.3 Å². The summed E-state index contributed by atoms with van der Waals surface area (Å²) in [7, 11) is 2.91. The number of nitrogens with zero attached hydrogens (tertiary/aromatic N) is 2. The smallest absolute Gasteiger partial charge is 0.258 e. The van der Waals surface area contributed by atoms with E-state index in [1.807, 2.05) is 6.92 Å². The number of hydrogen-bond acceptors (Lipinski definition) is 8. The Morgan fingerprint density at radius 1 is 1.00 bits per heavy atom. The number of anilines is 1. The molecule has 0 radical (unpaired) electrons. The zero-order valence-corrected chi connectivity index (χ0v) is 20.4. The van der Waals surface area contributed by atoms with Crippen LogP contribution in [0.5, 0.6) is 23.0 Å². The molecule has 0 aromatic heterocycles. The van der Waals surface area contributed by atoms with Crippen LogP contribution >= 0.6 is 23.2 Å². The summed E-state index contributed by atoms with van der Waals surface area (Å²) >= 11 is 12.6. The minimum Gasteiger partial charge on any atom is -0.493 e. The van der Waals surface area contributed by atoms with Gasteiger partial charge in [-0.15, -0.1) is 0 Å². The number of azo groups is 1. The molecule has 0 bridgehead atoms. The summed E-state index contributed by atoms with van der Waals surface area (Å²) < 4.78 is 21.4. The number of benzene rings is 2. The van der Waals surface area contributed by atoms with Gasteiger partial charge in [0.15, 0.2) is 23.0 Å². The Morgan fingerprint density at radius 2 is 1.64 bits per heavy atom. The molecule has 11 heteroatoms. The Hall–Kier alpha value is -3.04. The van der Waals surface area contributed by atoms with Gasteiger partial charge in [-0.25, -0.2) is 0 Å². The maximum Gasteiger partial charge on any atom is 0.258 e. The molecule has 1 amide bonds. The third-order valence-electron chi connectivity index (χ3n) is 4.27. The molecule has 0 aliphatic heterocycles. The van der Waals surface area contributed by atoms with Crippen LogP contribution in [0, 0.1) is 0 Å². The number of ether oxygens (including phenoxy) is 4. The first-order valence-electron chi connectivity index (χ1n) is 9.99. The van der Waals surface area contributed by atoms with Gasteiger partial charge in [0.2, 0.25) is 6.04 Å². The molecule has 0 saturated carbocycles. The summed E-state index contributed by atoms with van der Waals surface area (Å²) in [5.41, 5.74) is 0.466. The molecular formula is C22H25Cl2N3O6. The van der Waals surface area contributed by atoms with Crippen molar-refractivity contribution >= 4 is 46.3 Å². The maximum atomic E-state index is 12.8. The van der Waals surface area contributed by atoms with Gasteiger partial charge in [0, 0.05) is 12.1 Å². The van der Waals surface area contributed by atoms with E-state index in [0.29, 0.717) is 30.5 Å². The van der Waals surface area contributed by atoms with Crippen molar-refractivity contribution in [2.24, 2.45) is 10.2 Å². The largest absolute Gasteiger partial charge is 0.493 e. The average molecular weight is 498 g/mol. The molecule has 0 heterocycles. The lowest BCUT2D eigenvalue weighted by Crippen LogP contribution is -2.32. The van der Waals surface area contributed by atoms with Crippen molar-refractivity contribution in [2.45, 2.75) is 26.8 Å². The summed E-state index contributed by atoms with van der Waals surface area (Å²) in [5.74, 6) is 0.144. The van der Waals surface area contributed by atoms with E-state index in [-0.39, 0.29) is 27.2 Å². The summed E-state index contributed by atoms with van der Waals surface area (Å²) in [5, 5.41) is 11.0. The van der Waals surface area contributed by atoms with Crippen LogP contribution in [0.2, 0.25) is 10.0 Å². The van der Waals surface area contributed by atoms with Gasteiger partial charge in [-0.05, 0) is 32.9 Å². The van der Waals surface area contributed by atoms with E-state index >= 15 is 0 Å². The van der Waals surface area contributed by atoms with E-state index in [1.165, 1.54) is 33.3 Å². The first-order chi connectivity index (χ1) is 15.8. The SMILES string of the molecule is CCOc1ccc(N=NC(C(C)=O)C(=O)Nc2cc(OC)c(OC)cc2Cl)c(OCC)c1Cl. The maximum absolute atomic E-state index is 12.8. The van der Waals surface area contributed by atoms with Crippen LogP contribution in [0.3, 0.4) is 0 Å². The predicted octanol–water partition coefficient (Wildman–Crippen LogP) is 5.49. The molecule has 178 valence electrons. The summed E-state index contributed by atoms with van der Waals surface area (Å²) in [6, 6.07) is 4.71. The molecule has 1 N–H and O–H groups in total. The van der Waals surface area contributed by atoms with Crippen LogP contribution in [0.25, 0.3) is 0 Å². The van der Waals surface area contributed by atoms with Gasteiger partial charge >= 0.3 is 0 Å². The number of Topliss-reactive ketones (excluding diaryl/α,β-unsaturated/α-hetero) is 1. The standard InChI is InChI=1S/C22H25Cl2N3O6/c1-6-32-16-9-8-14(21(19(16)24)33-7-2)26-27-20(12(3)28)22(29)25-15-11-18(31-5)17(30-4)10-13(15)23/h8-11,20H,6-7H2,1-5H3,(H,25,29). The number of amides is 1. The zero-order valence-electron chi connectivity index (χ0n) is 18.9. The van der Waals surface area contributed by atoms with Gasteiger partial charge in [-0.2, -0.15) is 10.2 Å². The number of rotatable bonds is 11. The molecule has 0 spiro atoms. The molecule has 0 aliphatic carbocycles.